The van der Waals surface area contributed by atoms with Crippen LogP contribution < -0.4 is 4.74 Å². The van der Waals surface area contributed by atoms with E-state index in [1.807, 2.05) is 18.2 Å². The van der Waals surface area contributed by atoms with Crippen molar-refractivity contribution in [3.8, 4) is 5.75 Å². The van der Waals surface area contributed by atoms with Gasteiger partial charge < -0.3 is 14.3 Å². The molecular weight excluding hydrogens is 270 g/mol. The molecule has 1 aromatic heterocycles. The highest BCUT2D eigenvalue weighted by atomic mass is 16.5. The number of hydrogen-bond donors (Lipinski definition) is 1. The fourth-order valence-electron chi connectivity index (χ4n) is 2.82. The number of likely N-dealkylation sites (tertiary alicyclic amines) is 1. The number of aliphatic hydroxyl groups excluding tert-OH is 1. The molecule has 6 heteroatoms. The van der Waals surface area contributed by atoms with E-state index in [0.717, 1.165) is 11.3 Å². The fraction of sp³-hybridized carbons (Fsp3) is 0.467. The molecule has 2 aromatic rings. The molecule has 6 nitrogen and oxygen atoms in total. The molecule has 0 saturated carbocycles. The van der Waals surface area contributed by atoms with E-state index in [9.17, 15) is 5.11 Å². The third kappa shape index (κ3) is 3.06. The van der Waals surface area contributed by atoms with Crippen molar-refractivity contribution < 1.29 is 14.3 Å². The molecule has 1 fully saturated rings. The van der Waals surface area contributed by atoms with Crippen molar-refractivity contribution >= 4 is 0 Å². The van der Waals surface area contributed by atoms with Crippen LogP contribution in [-0.2, 0) is 6.54 Å². The van der Waals surface area contributed by atoms with Crippen LogP contribution in [0.4, 0.5) is 0 Å². The zero-order valence-electron chi connectivity index (χ0n) is 12.2. The first-order valence-corrected chi connectivity index (χ1v) is 7.01. The molecule has 0 spiro atoms. The first kappa shape index (κ1) is 14.0. The standard InChI is InChI=1S/C15H19N3O3/c1-10-16-17-15(21-10)9-18-8-12(19)7-14(18)11-4-3-5-13(6-11)20-2/h3-6,12,14,19H,7-9H2,1-2H3/t12-,14-/m1/s1. The van der Waals surface area contributed by atoms with Crippen molar-refractivity contribution in [2.24, 2.45) is 0 Å². The number of ether oxygens (including phenoxy) is 1. The average Bonchev–Trinajstić information content (AvgIpc) is 3.05. The topological polar surface area (TPSA) is 71.6 Å². The molecule has 1 saturated heterocycles. The summed E-state index contributed by atoms with van der Waals surface area (Å²) in [5.41, 5.74) is 1.13. The highest BCUT2D eigenvalue weighted by molar-refractivity contribution is 5.31. The summed E-state index contributed by atoms with van der Waals surface area (Å²) in [6.07, 6.45) is 0.352. The number of nitrogens with zero attached hydrogens (tertiary/aromatic N) is 3. The first-order valence-electron chi connectivity index (χ1n) is 7.01. The quantitative estimate of drug-likeness (QED) is 0.923. The van der Waals surface area contributed by atoms with Crippen LogP contribution in [0.2, 0.25) is 0 Å². The Kier molecular flexibility index (Phi) is 3.90. The van der Waals surface area contributed by atoms with Gasteiger partial charge in [-0.05, 0) is 24.1 Å². The van der Waals surface area contributed by atoms with Crippen LogP contribution in [0.15, 0.2) is 28.7 Å². The van der Waals surface area contributed by atoms with Crippen LogP contribution in [0.25, 0.3) is 0 Å². The molecular formula is C15H19N3O3. The number of benzene rings is 1. The second-order valence-electron chi connectivity index (χ2n) is 5.33. The van der Waals surface area contributed by atoms with Crippen molar-refractivity contribution in [2.45, 2.75) is 32.0 Å². The summed E-state index contributed by atoms with van der Waals surface area (Å²) < 4.78 is 10.7. The summed E-state index contributed by atoms with van der Waals surface area (Å²) in [5.74, 6) is 1.96. The van der Waals surface area contributed by atoms with Crippen LogP contribution in [-0.4, -0.2) is 40.0 Å². The zero-order chi connectivity index (χ0) is 14.8. The van der Waals surface area contributed by atoms with E-state index in [2.05, 4.69) is 21.2 Å². The summed E-state index contributed by atoms with van der Waals surface area (Å²) in [7, 11) is 1.65. The van der Waals surface area contributed by atoms with Crippen LogP contribution in [0.1, 0.15) is 29.8 Å². The largest absolute Gasteiger partial charge is 0.497 e. The molecule has 0 bridgehead atoms. The molecule has 1 aliphatic rings. The van der Waals surface area contributed by atoms with Gasteiger partial charge in [0.05, 0.1) is 19.8 Å². The van der Waals surface area contributed by atoms with E-state index in [1.165, 1.54) is 0 Å². The highest BCUT2D eigenvalue weighted by Gasteiger charge is 2.33. The Morgan fingerprint density at radius 3 is 3.00 bits per heavy atom. The number of β-amino-alcohol motifs (C(OH)–C–C–N with tert-alkyl or cyclic N) is 1. The van der Waals surface area contributed by atoms with Crippen LogP contribution >= 0.6 is 0 Å². The number of hydrogen-bond acceptors (Lipinski definition) is 6. The van der Waals surface area contributed by atoms with Crippen molar-refractivity contribution in [2.75, 3.05) is 13.7 Å². The van der Waals surface area contributed by atoms with Gasteiger partial charge in [-0.25, -0.2) is 0 Å². The second-order valence-corrected chi connectivity index (χ2v) is 5.33. The van der Waals surface area contributed by atoms with Gasteiger partial charge in [0.1, 0.15) is 5.75 Å². The third-order valence-electron chi connectivity index (χ3n) is 3.77. The second kappa shape index (κ2) is 5.83. The molecule has 0 radical (unpaired) electrons. The molecule has 3 rings (SSSR count). The van der Waals surface area contributed by atoms with Gasteiger partial charge in [-0.15, -0.1) is 10.2 Å². The molecule has 112 valence electrons. The van der Waals surface area contributed by atoms with Crippen molar-refractivity contribution in [1.82, 2.24) is 15.1 Å². The Hall–Kier alpha value is -1.92. The lowest BCUT2D eigenvalue weighted by Gasteiger charge is -2.23. The smallest absolute Gasteiger partial charge is 0.230 e. The van der Waals surface area contributed by atoms with Gasteiger partial charge in [0, 0.05) is 19.5 Å². The van der Waals surface area contributed by atoms with Crippen LogP contribution in [0, 0.1) is 6.92 Å². The number of rotatable bonds is 4. The predicted octanol–water partition coefficient (Wildman–Crippen LogP) is 1.69. The van der Waals surface area contributed by atoms with E-state index in [4.69, 9.17) is 9.15 Å². The van der Waals surface area contributed by atoms with Gasteiger partial charge in [-0.3, -0.25) is 4.90 Å². The summed E-state index contributed by atoms with van der Waals surface area (Å²) in [4.78, 5) is 2.16. The maximum Gasteiger partial charge on any atom is 0.230 e. The molecule has 21 heavy (non-hydrogen) atoms. The van der Waals surface area contributed by atoms with Crippen molar-refractivity contribution in [3.63, 3.8) is 0 Å². The minimum absolute atomic E-state index is 0.127. The molecule has 0 aliphatic carbocycles. The number of methoxy groups -OCH3 is 1. The molecule has 0 unspecified atom stereocenters. The van der Waals surface area contributed by atoms with Gasteiger partial charge in [0.2, 0.25) is 11.8 Å². The number of aromatic nitrogens is 2. The number of aliphatic hydroxyl groups is 1. The Labute approximate surface area is 123 Å². The molecule has 1 N–H and O–H groups in total. The minimum atomic E-state index is -0.342. The van der Waals surface area contributed by atoms with E-state index < -0.39 is 0 Å². The maximum atomic E-state index is 10.0. The van der Waals surface area contributed by atoms with E-state index >= 15 is 0 Å². The van der Waals surface area contributed by atoms with Gasteiger partial charge in [-0.2, -0.15) is 0 Å². The van der Waals surface area contributed by atoms with E-state index in [1.54, 1.807) is 14.0 Å². The zero-order valence-corrected chi connectivity index (χ0v) is 12.2. The lowest BCUT2D eigenvalue weighted by molar-refractivity contribution is 0.167. The molecule has 1 aliphatic heterocycles. The Morgan fingerprint density at radius 2 is 2.29 bits per heavy atom. The lowest BCUT2D eigenvalue weighted by Crippen LogP contribution is -2.24. The molecule has 2 heterocycles. The molecule has 2 atom stereocenters. The van der Waals surface area contributed by atoms with Crippen LogP contribution in [0.5, 0.6) is 5.75 Å². The highest BCUT2D eigenvalue weighted by Crippen LogP contribution is 2.34. The summed E-state index contributed by atoms with van der Waals surface area (Å²) in [6, 6.07) is 8.07. The third-order valence-corrected chi connectivity index (χ3v) is 3.77. The van der Waals surface area contributed by atoms with Gasteiger partial charge in [0.25, 0.3) is 0 Å². The van der Waals surface area contributed by atoms with E-state index in [-0.39, 0.29) is 12.1 Å². The van der Waals surface area contributed by atoms with Crippen molar-refractivity contribution in [3.05, 3.63) is 41.6 Å². The van der Waals surface area contributed by atoms with Gasteiger partial charge >= 0.3 is 0 Å². The first-order chi connectivity index (χ1) is 10.2. The Bertz CT molecular complexity index is 614. The van der Waals surface area contributed by atoms with Crippen LogP contribution in [0.3, 0.4) is 0 Å². The lowest BCUT2D eigenvalue weighted by atomic mass is 10.0. The predicted molar refractivity (Wildman–Crippen MR) is 75.8 cm³/mol. The summed E-state index contributed by atoms with van der Waals surface area (Å²) >= 11 is 0. The summed E-state index contributed by atoms with van der Waals surface area (Å²) in [6.45, 7) is 2.91. The maximum absolute atomic E-state index is 10.0. The monoisotopic (exact) mass is 289 g/mol. The van der Waals surface area contributed by atoms with E-state index in [0.29, 0.717) is 31.3 Å². The molecule has 1 aromatic carbocycles. The average molecular weight is 289 g/mol. The molecule has 0 amide bonds. The minimum Gasteiger partial charge on any atom is -0.497 e. The normalized spacial score (nSPS) is 22.6. The van der Waals surface area contributed by atoms with Gasteiger partial charge in [0.15, 0.2) is 0 Å². The van der Waals surface area contributed by atoms with Gasteiger partial charge in [-0.1, -0.05) is 12.1 Å². The van der Waals surface area contributed by atoms with Crippen molar-refractivity contribution in [1.29, 1.82) is 0 Å². The Morgan fingerprint density at radius 1 is 1.43 bits per heavy atom. The summed E-state index contributed by atoms with van der Waals surface area (Å²) in [5, 5.41) is 17.9. The Balaban J connectivity index is 1.81. The SMILES string of the molecule is COc1cccc([C@H]2C[C@@H](O)CN2Cc2nnc(C)o2)c1. The fourth-order valence-corrected chi connectivity index (χ4v) is 2.82. The number of aryl methyl sites for hydroxylation is 1.